The number of nitrogens with one attached hydrogen (secondary N) is 2. The Balaban J connectivity index is 2.06. The van der Waals surface area contributed by atoms with Gasteiger partial charge in [-0.2, -0.15) is 5.26 Å². The van der Waals surface area contributed by atoms with E-state index in [4.69, 9.17) is 11.6 Å². The number of rotatable bonds is 1. The Morgan fingerprint density at radius 3 is 2.42 bits per heavy atom. The molecule has 1 aromatic carbocycles. The van der Waals surface area contributed by atoms with E-state index >= 15 is 0 Å². The van der Waals surface area contributed by atoms with Crippen LogP contribution in [0, 0.1) is 11.3 Å². The second-order valence-electron chi connectivity index (χ2n) is 3.88. The van der Waals surface area contributed by atoms with Gasteiger partial charge in [0.25, 0.3) is 0 Å². The van der Waals surface area contributed by atoms with Crippen molar-refractivity contribution in [2.75, 3.05) is 10.6 Å². The van der Waals surface area contributed by atoms with E-state index in [0.29, 0.717) is 22.2 Å². The van der Waals surface area contributed by atoms with Crippen molar-refractivity contribution in [1.82, 2.24) is 9.97 Å². The maximum Gasteiger partial charge on any atom is 0.133 e. The number of hydrogen-bond acceptors (Lipinski definition) is 5. The van der Waals surface area contributed by atoms with E-state index in [1.54, 1.807) is 6.07 Å². The molecule has 0 radical (unpaired) electrons. The van der Waals surface area contributed by atoms with E-state index in [-0.39, 0.29) is 0 Å². The molecule has 2 aromatic rings. The molecule has 6 heteroatoms. The van der Waals surface area contributed by atoms with Gasteiger partial charge in [-0.3, -0.25) is 0 Å². The third-order valence-electron chi connectivity index (χ3n) is 2.70. The summed E-state index contributed by atoms with van der Waals surface area (Å²) < 4.78 is 0. The highest BCUT2D eigenvalue weighted by molar-refractivity contribution is 6.29. The van der Waals surface area contributed by atoms with Crippen molar-refractivity contribution >= 4 is 28.5 Å². The summed E-state index contributed by atoms with van der Waals surface area (Å²) in [6.07, 6.45) is 1.33. The Morgan fingerprint density at radius 1 is 1.16 bits per heavy atom. The quantitative estimate of drug-likeness (QED) is 0.615. The van der Waals surface area contributed by atoms with E-state index in [9.17, 15) is 5.26 Å². The minimum Gasteiger partial charge on any atom is -0.339 e. The third kappa shape index (κ3) is 2.09. The molecule has 19 heavy (non-hydrogen) atoms. The lowest BCUT2D eigenvalue weighted by Crippen LogP contribution is -2.04. The predicted molar refractivity (Wildman–Crippen MR) is 73.3 cm³/mol. The smallest absolute Gasteiger partial charge is 0.133 e. The Morgan fingerprint density at radius 2 is 1.84 bits per heavy atom. The number of hydrogen-bond donors (Lipinski definition) is 2. The Labute approximate surface area is 114 Å². The highest BCUT2D eigenvalue weighted by Gasteiger charge is 2.19. The summed E-state index contributed by atoms with van der Waals surface area (Å²) in [5.41, 5.74) is 2.71. The van der Waals surface area contributed by atoms with Crippen molar-refractivity contribution in [3.8, 4) is 6.07 Å². The SMILES string of the molecule is N#CC(=C1Nc2ccccc2N1)c1cc(Cl)ncn1. The predicted octanol–water partition coefficient (Wildman–Crippen LogP) is 2.86. The second-order valence-corrected chi connectivity index (χ2v) is 4.27. The van der Waals surface area contributed by atoms with Crippen LogP contribution in [0.25, 0.3) is 5.57 Å². The molecule has 5 nitrogen and oxygen atoms in total. The Hall–Kier alpha value is -2.58. The number of benzene rings is 1. The van der Waals surface area contributed by atoms with Crippen LogP contribution in [-0.2, 0) is 0 Å². The van der Waals surface area contributed by atoms with E-state index in [1.165, 1.54) is 6.33 Å². The van der Waals surface area contributed by atoms with Crippen molar-refractivity contribution in [2.45, 2.75) is 0 Å². The molecule has 2 N–H and O–H groups in total. The van der Waals surface area contributed by atoms with Crippen molar-refractivity contribution in [3.05, 3.63) is 53.3 Å². The molecule has 0 aliphatic carbocycles. The number of halogens is 1. The molecular formula is C13H8ClN5. The minimum atomic E-state index is 0.300. The van der Waals surface area contributed by atoms with Crippen LogP contribution in [0.15, 0.2) is 42.5 Å². The van der Waals surface area contributed by atoms with Crippen LogP contribution in [0.4, 0.5) is 11.4 Å². The number of allylic oxidation sites excluding steroid dienone is 1. The van der Waals surface area contributed by atoms with Crippen LogP contribution in [0.3, 0.4) is 0 Å². The summed E-state index contributed by atoms with van der Waals surface area (Å²) in [7, 11) is 0. The highest BCUT2D eigenvalue weighted by Crippen LogP contribution is 2.32. The zero-order chi connectivity index (χ0) is 13.2. The minimum absolute atomic E-state index is 0.300. The molecule has 0 amide bonds. The van der Waals surface area contributed by atoms with E-state index in [1.807, 2.05) is 24.3 Å². The van der Waals surface area contributed by atoms with Crippen LogP contribution in [0.2, 0.25) is 5.15 Å². The van der Waals surface area contributed by atoms with Crippen LogP contribution in [0.5, 0.6) is 0 Å². The van der Waals surface area contributed by atoms with E-state index in [0.717, 1.165) is 11.4 Å². The van der Waals surface area contributed by atoms with Crippen molar-refractivity contribution in [1.29, 1.82) is 5.26 Å². The second kappa shape index (κ2) is 4.59. The lowest BCUT2D eigenvalue weighted by Gasteiger charge is -2.04. The normalized spacial score (nSPS) is 12.1. The molecule has 0 saturated heterocycles. The molecule has 1 aliphatic heterocycles. The van der Waals surface area contributed by atoms with Crippen molar-refractivity contribution < 1.29 is 0 Å². The Bertz CT molecular complexity index is 690. The maximum absolute atomic E-state index is 9.32. The molecular weight excluding hydrogens is 262 g/mol. The van der Waals surface area contributed by atoms with Gasteiger partial charge in [0, 0.05) is 6.07 Å². The molecule has 0 unspecified atom stereocenters. The van der Waals surface area contributed by atoms with Gasteiger partial charge in [0.05, 0.1) is 17.1 Å². The van der Waals surface area contributed by atoms with Gasteiger partial charge in [0.15, 0.2) is 0 Å². The average molecular weight is 270 g/mol. The zero-order valence-corrected chi connectivity index (χ0v) is 10.4. The molecule has 0 fully saturated rings. The van der Waals surface area contributed by atoms with Gasteiger partial charge < -0.3 is 10.6 Å². The lowest BCUT2D eigenvalue weighted by atomic mass is 10.2. The summed E-state index contributed by atoms with van der Waals surface area (Å²) >= 11 is 5.82. The number of anilines is 2. The zero-order valence-electron chi connectivity index (χ0n) is 9.68. The lowest BCUT2D eigenvalue weighted by molar-refractivity contribution is 1.14. The third-order valence-corrected chi connectivity index (χ3v) is 2.90. The molecule has 92 valence electrons. The maximum atomic E-state index is 9.32. The molecule has 1 aromatic heterocycles. The number of aromatic nitrogens is 2. The summed E-state index contributed by atoms with van der Waals surface area (Å²) in [5.74, 6) is 0.596. The Kier molecular flexibility index (Phi) is 2.78. The standard InChI is InChI=1S/C13H8ClN5/c14-12-5-11(16-7-17-12)8(6-15)13-18-9-3-1-2-4-10(9)19-13/h1-5,7,18-19H. The molecule has 0 saturated carbocycles. The first-order valence-electron chi connectivity index (χ1n) is 5.53. The molecule has 1 aliphatic rings. The number of para-hydroxylation sites is 2. The molecule has 3 rings (SSSR count). The average Bonchev–Trinajstić information content (AvgIpc) is 2.83. The van der Waals surface area contributed by atoms with Gasteiger partial charge in [0.2, 0.25) is 0 Å². The first-order valence-corrected chi connectivity index (χ1v) is 5.91. The number of nitriles is 1. The van der Waals surface area contributed by atoms with Gasteiger partial charge >= 0.3 is 0 Å². The monoisotopic (exact) mass is 269 g/mol. The van der Waals surface area contributed by atoms with Crippen molar-refractivity contribution in [2.24, 2.45) is 0 Å². The first-order chi connectivity index (χ1) is 9.28. The molecule has 0 atom stereocenters. The first kappa shape index (κ1) is 11.5. The van der Waals surface area contributed by atoms with Crippen LogP contribution in [0.1, 0.15) is 5.69 Å². The van der Waals surface area contributed by atoms with Crippen LogP contribution in [-0.4, -0.2) is 9.97 Å². The summed E-state index contributed by atoms with van der Waals surface area (Å²) in [6.45, 7) is 0. The highest BCUT2D eigenvalue weighted by atomic mass is 35.5. The molecule has 0 spiro atoms. The van der Waals surface area contributed by atoms with Gasteiger partial charge in [0.1, 0.15) is 28.9 Å². The summed E-state index contributed by atoms with van der Waals surface area (Å²) in [5, 5.41) is 15.9. The summed E-state index contributed by atoms with van der Waals surface area (Å²) in [4.78, 5) is 7.87. The molecule has 0 bridgehead atoms. The van der Waals surface area contributed by atoms with Gasteiger partial charge in [-0.05, 0) is 12.1 Å². The van der Waals surface area contributed by atoms with Crippen LogP contribution < -0.4 is 10.6 Å². The fraction of sp³-hybridized carbons (Fsp3) is 0. The summed E-state index contributed by atoms with van der Waals surface area (Å²) in [6, 6.07) is 11.4. The van der Waals surface area contributed by atoms with Gasteiger partial charge in [-0.25, -0.2) is 9.97 Å². The molecule has 2 heterocycles. The van der Waals surface area contributed by atoms with Crippen molar-refractivity contribution in [3.63, 3.8) is 0 Å². The fourth-order valence-corrected chi connectivity index (χ4v) is 1.99. The van der Waals surface area contributed by atoms with Gasteiger partial charge in [-0.15, -0.1) is 0 Å². The van der Waals surface area contributed by atoms with E-state index in [2.05, 4.69) is 26.7 Å². The number of fused-ring (bicyclic) bond motifs is 1. The van der Waals surface area contributed by atoms with Gasteiger partial charge in [-0.1, -0.05) is 23.7 Å². The number of nitrogens with zero attached hydrogens (tertiary/aromatic N) is 3. The largest absolute Gasteiger partial charge is 0.339 e. The fourth-order valence-electron chi connectivity index (χ4n) is 1.84. The topological polar surface area (TPSA) is 73.6 Å². The van der Waals surface area contributed by atoms with Crippen LogP contribution >= 0.6 is 11.6 Å². The van der Waals surface area contributed by atoms with E-state index < -0.39 is 0 Å².